The summed E-state index contributed by atoms with van der Waals surface area (Å²) < 4.78 is 39.1. The Morgan fingerprint density at radius 3 is 2.25 bits per heavy atom. The zero-order chi connectivity index (χ0) is 34.3. The second kappa shape index (κ2) is 14.9. The summed E-state index contributed by atoms with van der Waals surface area (Å²) >= 11 is 0. The van der Waals surface area contributed by atoms with Gasteiger partial charge in [0.25, 0.3) is 11.8 Å². The van der Waals surface area contributed by atoms with Crippen LogP contribution in [-0.4, -0.2) is 40.5 Å². The number of amides is 3. The molecule has 5 aromatic rings. The third-order valence-electron chi connectivity index (χ3n) is 7.66. The molecule has 0 fully saturated rings. The van der Waals surface area contributed by atoms with Gasteiger partial charge in [-0.1, -0.05) is 60.7 Å². The number of hydrogen-bond donors (Lipinski definition) is 4. The monoisotopic (exact) mass is 654 g/mol. The van der Waals surface area contributed by atoms with Crippen molar-refractivity contribution in [1.29, 1.82) is 0 Å². The molecule has 0 saturated carbocycles. The number of aliphatic hydroxyl groups is 1. The van der Waals surface area contributed by atoms with Gasteiger partial charge in [-0.05, 0) is 85.0 Å². The lowest BCUT2D eigenvalue weighted by Crippen LogP contribution is -2.40. The van der Waals surface area contributed by atoms with E-state index in [1.807, 2.05) is 6.07 Å². The van der Waals surface area contributed by atoms with Crippen LogP contribution in [0.4, 0.5) is 19.0 Å². The molecule has 4 N–H and O–H groups in total. The minimum Gasteiger partial charge on any atom is -0.393 e. The molecule has 0 spiro atoms. The van der Waals surface area contributed by atoms with Gasteiger partial charge in [-0.2, -0.15) is 13.2 Å². The first-order valence-electron chi connectivity index (χ1n) is 15.3. The van der Waals surface area contributed by atoms with E-state index < -0.39 is 35.7 Å². The normalized spacial score (nSPS) is 12.6. The topological polar surface area (TPSA) is 120 Å². The number of hydrogen-bond acceptors (Lipinski definition) is 5. The van der Waals surface area contributed by atoms with E-state index in [9.17, 15) is 32.7 Å². The number of benzene rings is 4. The zero-order valence-corrected chi connectivity index (χ0v) is 25.9. The van der Waals surface area contributed by atoms with Gasteiger partial charge in [0.15, 0.2) is 0 Å². The number of nitrogens with one attached hydrogen (secondary N) is 3. The first-order valence-corrected chi connectivity index (χ1v) is 15.3. The van der Waals surface area contributed by atoms with E-state index in [0.717, 1.165) is 12.1 Å². The van der Waals surface area contributed by atoms with Gasteiger partial charge >= 0.3 is 6.18 Å². The average Bonchev–Trinajstić information content (AvgIpc) is 3.08. The Morgan fingerprint density at radius 2 is 1.54 bits per heavy atom. The molecule has 0 radical (unpaired) electrons. The molecule has 246 valence electrons. The van der Waals surface area contributed by atoms with Gasteiger partial charge in [0, 0.05) is 23.1 Å². The average molecular weight is 655 g/mol. The first kappa shape index (κ1) is 33.8. The number of nitrogens with zero attached hydrogens (tertiary/aromatic N) is 1. The Hall–Kier alpha value is -5.55. The number of carbonyl (C=O) groups is 3. The molecule has 1 aromatic heterocycles. The van der Waals surface area contributed by atoms with E-state index in [4.69, 9.17) is 0 Å². The minimum atomic E-state index is -4.47. The summed E-state index contributed by atoms with van der Waals surface area (Å²) in [5, 5.41) is 18.5. The predicted molar refractivity (Wildman–Crippen MR) is 177 cm³/mol. The number of carbonyl (C=O) groups excluding carboxylic acids is 3. The van der Waals surface area contributed by atoms with Gasteiger partial charge < -0.3 is 21.1 Å². The molecule has 1 heterocycles. The summed E-state index contributed by atoms with van der Waals surface area (Å²) in [6, 6.07) is 27.2. The third-order valence-corrected chi connectivity index (χ3v) is 7.66. The molecule has 0 saturated heterocycles. The summed E-state index contributed by atoms with van der Waals surface area (Å²) in [6.07, 6.45) is -3.82. The standard InChI is InChI=1S/C37H33F3N4O4/c1-23(45)8-7-21-41-36(48)33(25-9-3-2-4-10-25)44-34(46)27-15-19-31-26(22-27)16-20-32(42-31)43-35(47)30-12-6-5-11-29(30)24-13-17-28(18-14-24)37(38,39)40/h2-6,9-20,22-23,33,45H,7-8,21H2,1H3,(H,41,48)(H,44,46)(H,42,43,47)/t23?,33-/m0/s1. The van der Waals surface area contributed by atoms with Gasteiger partial charge in [-0.15, -0.1) is 0 Å². The van der Waals surface area contributed by atoms with E-state index in [-0.39, 0.29) is 17.3 Å². The van der Waals surface area contributed by atoms with Gasteiger partial charge in [-0.25, -0.2) is 4.98 Å². The molecule has 4 aromatic carbocycles. The van der Waals surface area contributed by atoms with E-state index in [0.29, 0.717) is 52.5 Å². The molecule has 0 aliphatic carbocycles. The van der Waals surface area contributed by atoms with E-state index in [1.165, 1.54) is 12.1 Å². The number of aromatic nitrogens is 1. The van der Waals surface area contributed by atoms with E-state index >= 15 is 0 Å². The molecule has 0 aliphatic heterocycles. The molecular weight excluding hydrogens is 621 g/mol. The fourth-order valence-corrected chi connectivity index (χ4v) is 5.16. The van der Waals surface area contributed by atoms with Crippen LogP contribution >= 0.6 is 0 Å². The van der Waals surface area contributed by atoms with Crippen LogP contribution in [0, 0.1) is 0 Å². The Bertz CT molecular complexity index is 1910. The van der Waals surface area contributed by atoms with Crippen molar-refractivity contribution in [2.24, 2.45) is 0 Å². The van der Waals surface area contributed by atoms with Crippen molar-refractivity contribution in [3.8, 4) is 11.1 Å². The Kier molecular flexibility index (Phi) is 10.5. The lowest BCUT2D eigenvalue weighted by atomic mass is 9.98. The second-order valence-corrected chi connectivity index (χ2v) is 11.3. The number of alkyl halides is 3. The smallest absolute Gasteiger partial charge is 0.393 e. The summed E-state index contributed by atoms with van der Waals surface area (Å²) in [5.74, 6) is -1.10. The highest BCUT2D eigenvalue weighted by Crippen LogP contribution is 2.32. The van der Waals surface area contributed by atoms with E-state index in [2.05, 4.69) is 20.9 Å². The van der Waals surface area contributed by atoms with Gasteiger partial charge in [-0.3, -0.25) is 14.4 Å². The Balaban J connectivity index is 1.30. The maximum Gasteiger partial charge on any atom is 0.416 e. The molecule has 5 rings (SSSR count). The summed E-state index contributed by atoms with van der Waals surface area (Å²) in [6.45, 7) is 2.03. The van der Waals surface area contributed by atoms with Crippen molar-refractivity contribution in [3.05, 3.63) is 131 Å². The molecule has 0 aliphatic rings. The van der Waals surface area contributed by atoms with Crippen LogP contribution in [0.1, 0.15) is 57.7 Å². The van der Waals surface area contributed by atoms with Crippen LogP contribution in [0.2, 0.25) is 0 Å². The number of aliphatic hydroxyl groups excluding tert-OH is 1. The number of pyridine rings is 1. The van der Waals surface area contributed by atoms with E-state index in [1.54, 1.807) is 85.8 Å². The number of fused-ring (bicyclic) bond motifs is 1. The molecule has 11 heteroatoms. The quantitative estimate of drug-likeness (QED) is 0.115. The van der Waals surface area contributed by atoms with Crippen LogP contribution in [0.5, 0.6) is 0 Å². The number of anilines is 1. The highest BCUT2D eigenvalue weighted by molar-refractivity contribution is 6.09. The molecule has 0 bridgehead atoms. The van der Waals surface area contributed by atoms with Crippen molar-refractivity contribution >= 4 is 34.4 Å². The Morgan fingerprint density at radius 1 is 0.833 bits per heavy atom. The SMILES string of the molecule is CC(O)CCCNC(=O)[C@@H](NC(=O)c1ccc2nc(NC(=O)c3ccccc3-c3ccc(C(F)(F)F)cc3)ccc2c1)c1ccccc1. The largest absolute Gasteiger partial charge is 0.416 e. The van der Waals surface area contributed by atoms with Crippen molar-refractivity contribution in [3.63, 3.8) is 0 Å². The zero-order valence-electron chi connectivity index (χ0n) is 25.9. The molecule has 48 heavy (non-hydrogen) atoms. The summed E-state index contributed by atoms with van der Waals surface area (Å²) in [4.78, 5) is 44.2. The molecule has 1 unspecified atom stereocenters. The maximum atomic E-state index is 13.3. The van der Waals surface area contributed by atoms with Crippen molar-refractivity contribution in [2.45, 2.75) is 38.1 Å². The van der Waals surface area contributed by atoms with Crippen molar-refractivity contribution in [1.82, 2.24) is 15.6 Å². The number of halogens is 3. The highest BCUT2D eigenvalue weighted by Gasteiger charge is 2.30. The molecular formula is C37H33F3N4O4. The van der Waals surface area contributed by atoms with Crippen LogP contribution in [0.3, 0.4) is 0 Å². The number of rotatable bonds is 11. The summed E-state index contributed by atoms with van der Waals surface area (Å²) in [5.41, 5.74) is 1.80. The van der Waals surface area contributed by atoms with Gasteiger partial charge in [0.1, 0.15) is 11.9 Å². The Labute approximate surface area is 275 Å². The highest BCUT2D eigenvalue weighted by atomic mass is 19.4. The van der Waals surface area contributed by atoms with Crippen LogP contribution in [-0.2, 0) is 11.0 Å². The lowest BCUT2D eigenvalue weighted by Gasteiger charge is -2.19. The first-order chi connectivity index (χ1) is 23.0. The third kappa shape index (κ3) is 8.42. The molecule has 3 amide bonds. The maximum absolute atomic E-state index is 13.3. The molecule has 8 nitrogen and oxygen atoms in total. The molecule has 2 atom stereocenters. The van der Waals surface area contributed by atoms with Gasteiger partial charge in [0.05, 0.1) is 17.2 Å². The fraction of sp³-hybridized carbons (Fsp3) is 0.189. The summed E-state index contributed by atoms with van der Waals surface area (Å²) in [7, 11) is 0. The minimum absolute atomic E-state index is 0.239. The second-order valence-electron chi connectivity index (χ2n) is 11.3. The van der Waals surface area contributed by atoms with Crippen LogP contribution < -0.4 is 16.0 Å². The predicted octanol–water partition coefficient (Wildman–Crippen LogP) is 6.92. The fourth-order valence-electron chi connectivity index (χ4n) is 5.16. The lowest BCUT2D eigenvalue weighted by molar-refractivity contribution is -0.137. The van der Waals surface area contributed by atoms with Gasteiger partial charge in [0.2, 0.25) is 5.91 Å². The van der Waals surface area contributed by atoms with Crippen molar-refractivity contribution in [2.75, 3.05) is 11.9 Å². The van der Waals surface area contributed by atoms with Crippen molar-refractivity contribution < 1.29 is 32.7 Å². The van der Waals surface area contributed by atoms with Crippen LogP contribution in [0.25, 0.3) is 22.0 Å². The van der Waals surface area contributed by atoms with Crippen LogP contribution in [0.15, 0.2) is 109 Å².